The SMILES string of the molecule is COCCOc1ccc(NC(=O)C2(C(=O)O)CC2)cc1F. The van der Waals surface area contributed by atoms with Gasteiger partial charge in [0, 0.05) is 18.9 Å². The molecule has 1 aliphatic rings. The van der Waals surface area contributed by atoms with E-state index in [1.54, 1.807) is 0 Å². The number of methoxy groups -OCH3 is 1. The van der Waals surface area contributed by atoms with Crippen LogP contribution in [0.1, 0.15) is 12.8 Å². The standard InChI is InChI=1S/C14H16FNO5/c1-20-6-7-21-11-3-2-9(8-10(11)15)16-12(17)14(4-5-14)13(18)19/h2-3,8H,4-7H2,1H3,(H,16,17)(H,18,19). The van der Waals surface area contributed by atoms with E-state index in [-0.39, 0.29) is 18.0 Å². The molecule has 1 saturated carbocycles. The number of hydrogen-bond acceptors (Lipinski definition) is 4. The molecule has 21 heavy (non-hydrogen) atoms. The number of benzene rings is 1. The minimum atomic E-state index is -1.36. The predicted molar refractivity (Wildman–Crippen MR) is 71.7 cm³/mol. The van der Waals surface area contributed by atoms with Crippen molar-refractivity contribution in [1.82, 2.24) is 0 Å². The first kappa shape index (κ1) is 15.2. The van der Waals surface area contributed by atoms with E-state index in [0.29, 0.717) is 19.4 Å². The summed E-state index contributed by atoms with van der Waals surface area (Å²) in [5.74, 6) is -2.36. The molecule has 0 atom stereocenters. The molecule has 2 N–H and O–H groups in total. The largest absolute Gasteiger partial charge is 0.488 e. The summed E-state index contributed by atoms with van der Waals surface area (Å²) >= 11 is 0. The summed E-state index contributed by atoms with van der Waals surface area (Å²) in [6.45, 7) is 0.542. The molecule has 0 unspecified atom stereocenters. The Balaban J connectivity index is 2.00. The maximum Gasteiger partial charge on any atom is 0.319 e. The third-order valence-electron chi connectivity index (χ3n) is 3.33. The van der Waals surface area contributed by atoms with Crippen molar-refractivity contribution in [3.05, 3.63) is 24.0 Å². The van der Waals surface area contributed by atoms with E-state index in [9.17, 15) is 14.0 Å². The highest BCUT2D eigenvalue weighted by molar-refractivity contribution is 6.10. The number of carboxylic acid groups (broad SMARTS) is 1. The van der Waals surface area contributed by atoms with Crippen LogP contribution in [0.3, 0.4) is 0 Å². The number of amides is 1. The van der Waals surface area contributed by atoms with Gasteiger partial charge >= 0.3 is 5.97 Å². The van der Waals surface area contributed by atoms with E-state index >= 15 is 0 Å². The third kappa shape index (κ3) is 3.30. The second kappa shape index (κ2) is 6.09. The van der Waals surface area contributed by atoms with Gasteiger partial charge in [0.05, 0.1) is 6.61 Å². The maximum absolute atomic E-state index is 13.8. The molecule has 1 amide bonds. The van der Waals surface area contributed by atoms with Gasteiger partial charge in [-0.2, -0.15) is 0 Å². The van der Waals surface area contributed by atoms with E-state index in [2.05, 4.69) is 5.32 Å². The molecule has 7 heteroatoms. The molecule has 2 rings (SSSR count). The monoisotopic (exact) mass is 297 g/mol. The van der Waals surface area contributed by atoms with Crippen molar-refractivity contribution in [2.75, 3.05) is 25.6 Å². The van der Waals surface area contributed by atoms with E-state index < -0.39 is 23.1 Å². The van der Waals surface area contributed by atoms with Crippen LogP contribution in [0.2, 0.25) is 0 Å². The number of nitrogens with one attached hydrogen (secondary N) is 1. The van der Waals surface area contributed by atoms with Crippen LogP contribution in [-0.2, 0) is 14.3 Å². The zero-order chi connectivity index (χ0) is 15.5. The van der Waals surface area contributed by atoms with Gasteiger partial charge in [-0.1, -0.05) is 0 Å². The molecule has 0 spiro atoms. The highest BCUT2D eigenvalue weighted by Gasteiger charge is 2.57. The summed E-state index contributed by atoms with van der Waals surface area (Å²) in [7, 11) is 1.51. The van der Waals surface area contributed by atoms with Crippen LogP contribution in [0.5, 0.6) is 5.75 Å². The van der Waals surface area contributed by atoms with Crippen LogP contribution >= 0.6 is 0 Å². The topological polar surface area (TPSA) is 84.9 Å². The summed E-state index contributed by atoms with van der Waals surface area (Å²) in [6, 6.07) is 3.93. The number of aliphatic carboxylic acids is 1. The Morgan fingerprint density at radius 1 is 1.38 bits per heavy atom. The molecule has 0 bridgehead atoms. The maximum atomic E-state index is 13.8. The molecule has 1 aromatic carbocycles. The van der Waals surface area contributed by atoms with Gasteiger partial charge in [0.15, 0.2) is 11.6 Å². The van der Waals surface area contributed by atoms with Crippen molar-refractivity contribution in [3.8, 4) is 5.75 Å². The van der Waals surface area contributed by atoms with Crippen LogP contribution in [0, 0.1) is 11.2 Å². The minimum Gasteiger partial charge on any atom is -0.488 e. The quantitative estimate of drug-likeness (QED) is 0.590. The van der Waals surface area contributed by atoms with Gasteiger partial charge in [0.1, 0.15) is 12.0 Å². The first-order valence-corrected chi connectivity index (χ1v) is 6.46. The average molecular weight is 297 g/mol. The molecule has 0 aromatic heterocycles. The van der Waals surface area contributed by atoms with Gasteiger partial charge in [-0.05, 0) is 25.0 Å². The van der Waals surface area contributed by atoms with Crippen LogP contribution in [0.15, 0.2) is 18.2 Å². The van der Waals surface area contributed by atoms with Gasteiger partial charge < -0.3 is 19.9 Å². The molecule has 0 heterocycles. The Labute approximate surface area is 120 Å². The lowest BCUT2D eigenvalue weighted by atomic mass is 10.1. The fourth-order valence-corrected chi connectivity index (χ4v) is 1.84. The van der Waals surface area contributed by atoms with Gasteiger partial charge in [-0.15, -0.1) is 0 Å². The third-order valence-corrected chi connectivity index (χ3v) is 3.33. The number of anilines is 1. The lowest BCUT2D eigenvalue weighted by molar-refractivity contribution is -0.147. The molecule has 114 valence electrons. The lowest BCUT2D eigenvalue weighted by Crippen LogP contribution is -2.31. The van der Waals surface area contributed by atoms with E-state index in [1.165, 1.54) is 19.2 Å². The lowest BCUT2D eigenvalue weighted by Gasteiger charge is -2.12. The van der Waals surface area contributed by atoms with Crippen molar-refractivity contribution in [2.24, 2.45) is 5.41 Å². The number of hydrogen-bond donors (Lipinski definition) is 2. The molecule has 6 nitrogen and oxygen atoms in total. The normalized spacial score (nSPS) is 15.3. The Morgan fingerprint density at radius 2 is 2.10 bits per heavy atom. The van der Waals surface area contributed by atoms with Crippen molar-refractivity contribution in [1.29, 1.82) is 0 Å². The molecule has 0 saturated heterocycles. The number of ether oxygens (including phenoxy) is 2. The van der Waals surface area contributed by atoms with Crippen molar-refractivity contribution in [3.63, 3.8) is 0 Å². The van der Waals surface area contributed by atoms with Crippen LogP contribution in [0.4, 0.5) is 10.1 Å². The average Bonchev–Trinajstić information content (AvgIpc) is 3.23. The highest BCUT2D eigenvalue weighted by atomic mass is 19.1. The molecule has 0 aliphatic heterocycles. The van der Waals surface area contributed by atoms with Gasteiger partial charge in [0.2, 0.25) is 5.91 Å². The summed E-state index contributed by atoms with van der Waals surface area (Å²) in [6.07, 6.45) is 0.601. The van der Waals surface area contributed by atoms with Crippen molar-refractivity contribution >= 4 is 17.6 Å². The smallest absolute Gasteiger partial charge is 0.319 e. The number of carboxylic acids is 1. The van der Waals surface area contributed by atoms with Crippen LogP contribution < -0.4 is 10.1 Å². The number of carbonyl (C=O) groups is 2. The Kier molecular flexibility index (Phi) is 4.42. The number of carbonyl (C=O) groups excluding carboxylic acids is 1. The summed E-state index contributed by atoms with van der Waals surface area (Å²) in [5, 5.41) is 11.4. The van der Waals surface area contributed by atoms with Gasteiger partial charge in [-0.3, -0.25) is 9.59 Å². The minimum absolute atomic E-state index is 0.0458. The Morgan fingerprint density at radius 3 is 2.62 bits per heavy atom. The summed E-state index contributed by atoms with van der Waals surface area (Å²) in [5.41, 5.74) is -1.16. The van der Waals surface area contributed by atoms with Gasteiger partial charge in [-0.25, -0.2) is 4.39 Å². The van der Waals surface area contributed by atoms with E-state index in [0.717, 1.165) is 6.07 Å². The molecule has 1 fully saturated rings. The second-order valence-corrected chi connectivity index (χ2v) is 4.83. The first-order valence-electron chi connectivity index (χ1n) is 6.46. The molecular formula is C14H16FNO5. The van der Waals surface area contributed by atoms with Gasteiger partial charge in [0.25, 0.3) is 0 Å². The Bertz CT molecular complexity index is 556. The van der Waals surface area contributed by atoms with Crippen LogP contribution in [-0.4, -0.2) is 37.3 Å². The second-order valence-electron chi connectivity index (χ2n) is 4.83. The Hall–Kier alpha value is -2.15. The highest BCUT2D eigenvalue weighted by Crippen LogP contribution is 2.46. The van der Waals surface area contributed by atoms with Crippen LogP contribution in [0.25, 0.3) is 0 Å². The molecule has 1 aliphatic carbocycles. The molecule has 1 aromatic rings. The molecule has 0 radical (unpaired) electrons. The summed E-state index contributed by atoms with van der Waals surface area (Å²) in [4.78, 5) is 22.9. The summed E-state index contributed by atoms with van der Waals surface area (Å²) < 4.78 is 23.7. The van der Waals surface area contributed by atoms with Crippen molar-refractivity contribution < 1.29 is 28.6 Å². The number of halogens is 1. The van der Waals surface area contributed by atoms with E-state index in [1.807, 2.05) is 0 Å². The predicted octanol–water partition coefficient (Wildman–Crippen LogP) is 1.65. The fraction of sp³-hybridized carbons (Fsp3) is 0.429. The number of rotatable bonds is 7. The zero-order valence-electron chi connectivity index (χ0n) is 11.5. The van der Waals surface area contributed by atoms with E-state index in [4.69, 9.17) is 14.6 Å². The first-order chi connectivity index (χ1) is 9.99. The van der Waals surface area contributed by atoms with Crippen molar-refractivity contribution in [2.45, 2.75) is 12.8 Å². The molecular weight excluding hydrogens is 281 g/mol. The fourth-order valence-electron chi connectivity index (χ4n) is 1.84. The zero-order valence-corrected chi connectivity index (χ0v) is 11.5.